The van der Waals surface area contributed by atoms with Crippen LogP contribution in [0.1, 0.15) is 33.6 Å². The summed E-state index contributed by atoms with van der Waals surface area (Å²) in [6.07, 6.45) is 1.64. The molecule has 0 aromatic heterocycles. The van der Waals surface area contributed by atoms with Gasteiger partial charge in [-0.25, -0.2) is 0 Å². The molecule has 6 heteroatoms. The molecule has 1 aliphatic heterocycles. The molecule has 1 atom stereocenters. The van der Waals surface area contributed by atoms with Gasteiger partial charge in [-0.1, -0.05) is 42.5 Å². The standard InChI is InChI=1S/C27H28N2O4/c1-29(24-18-33-25-14-13-22(30)17-23(25)26(24)31)16-6-5-15-28-27(32)21-11-9-20(10-12-21)19-7-3-2-4-8-19/h2-4,7-14,17,24,30H,5-6,15-16,18H2,1H3,(H,28,32)/t24-/m1/s1. The number of likely N-dealkylation sites (N-methyl/N-ethyl adjacent to an activating group) is 1. The molecule has 3 aromatic carbocycles. The van der Waals surface area contributed by atoms with Gasteiger partial charge >= 0.3 is 0 Å². The van der Waals surface area contributed by atoms with Crippen molar-refractivity contribution in [3.05, 3.63) is 83.9 Å². The molecule has 1 amide bonds. The third-order valence-corrected chi connectivity index (χ3v) is 5.94. The molecule has 0 aliphatic carbocycles. The maximum absolute atomic E-state index is 12.8. The van der Waals surface area contributed by atoms with Crippen molar-refractivity contribution >= 4 is 11.7 Å². The van der Waals surface area contributed by atoms with Crippen molar-refractivity contribution < 1.29 is 19.4 Å². The summed E-state index contributed by atoms with van der Waals surface area (Å²) in [5, 5.41) is 12.6. The van der Waals surface area contributed by atoms with Crippen LogP contribution in [0.25, 0.3) is 11.1 Å². The third-order valence-electron chi connectivity index (χ3n) is 5.94. The van der Waals surface area contributed by atoms with E-state index in [4.69, 9.17) is 4.74 Å². The number of amides is 1. The quantitative estimate of drug-likeness (QED) is 0.511. The zero-order valence-electron chi connectivity index (χ0n) is 18.7. The van der Waals surface area contributed by atoms with E-state index in [0.717, 1.165) is 24.0 Å². The Hall–Kier alpha value is -3.64. The van der Waals surface area contributed by atoms with Gasteiger partial charge < -0.3 is 15.2 Å². The Bertz CT molecular complexity index is 1110. The van der Waals surface area contributed by atoms with Crippen molar-refractivity contribution in [1.82, 2.24) is 10.2 Å². The number of Topliss-reactive ketones (excluding diaryl/α,β-unsaturated/α-hetero) is 1. The van der Waals surface area contributed by atoms with Gasteiger partial charge in [0.25, 0.3) is 5.91 Å². The molecule has 170 valence electrons. The summed E-state index contributed by atoms with van der Waals surface area (Å²) in [6, 6.07) is 21.9. The molecular formula is C27H28N2O4. The largest absolute Gasteiger partial charge is 0.508 e. The normalized spacial score (nSPS) is 15.1. The van der Waals surface area contributed by atoms with Crippen LogP contribution in [-0.2, 0) is 0 Å². The molecule has 1 heterocycles. The van der Waals surface area contributed by atoms with E-state index >= 15 is 0 Å². The summed E-state index contributed by atoms with van der Waals surface area (Å²) in [6.45, 7) is 1.57. The number of carbonyl (C=O) groups excluding carboxylic acids is 2. The van der Waals surface area contributed by atoms with E-state index in [-0.39, 0.29) is 23.5 Å². The fourth-order valence-corrected chi connectivity index (χ4v) is 3.98. The van der Waals surface area contributed by atoms with Crippen molar-refractivity contribution in [2.24, 2.45) is 0 Å². The number of unbranched alkanes of at least 4 members (excludes halogenated alkanes) is 1. The van der Waals surface area contributed by atoms with Crippen molar-refractivity contribution in [3.63, 3.8) is 0 Å². The minimum atomic E-state index is -0.378. The molecule has 0 saturated carbocycles. The second-order valence-electron chi connectivity index (χ2n) is 8.26. The highest BCUT2D eigenvalue weighted by atomic mass is 16.5. The Kier molecular flexibility index (Phi) is 7.05. The highest BCUT2D eigenvalue weighted by Crippen LogP contribution is 2.29. The first-order valence-corrected chi connectivity index (χ1v) is 11.2. The van der Waals surface area contributed by atoms with Crippen molar-refractivity contribution in [2.75, 3.05) is 26.7 Å². The number of fused-ring (bicyclic) bond motifs is 1. The minimum Gasteiger partial charge on any atom is -0.508 e. The van der Waals surface area contributed by atoms with E-state index < -0.39 is 0 Å². The predicted molar refractivity (Wildman–Crippen MR) is 128 cm³/mol. The fraction of sp³-hybridized carbons (Fsp3) is 0.259. The van der Waals surface area contributed by atoms with Gasteiger partial charge in [0.1, 0.15) is 24.1 Å². The summed E-state index contributed by atoms with van der Waals surface area (Å²) in [5.74, 6) is 0.443. The molecule has 0 radical (unpaired) electrons. The summed E-state index contributed by atoms with van der Waals surface area (Å²) in [7, 11) is 1.90. The average Bonchev–Trinajstić information content (AvgIpc) is 2.85. The second kappa shape index (κ2) is 10.3. The van der Waals surface area contributed by atoms with Gasteiger partial charge in [-0.05, 0) is 67.9 Å². The van der Waals surface area contributed by atoms with E-state index in [2.05, 4.69) is 5.32 Å². The SMILES string of the molecule is CN(CCCCNC(=O)c1ccc(-c2ccccc2)cc1)[C@@H]1COc2ccc(O)cc2C1=O. The average molecular weight is 445 g/mol. The first-order valence-electron chi connectivity index (χ1n) is 11.2. The van der Waals surface area contributed by atoms with E-state index in [1.165, 1.54) is 12.1 Å². The number of ketones is 1. The number of benzene rings is 3. The van der Waals surface area contributed by atoms with Crippen molar-refractivity contribution in [3.8, 4) is 22.6 Å². The van der Waals surface area contributed by atoms with E-state index in [0.29, 0.717) is 36.6 Å². The van der Waals surface area contributed by atoms with Crippen LogP contribution in [0.2, 0.25) is 0 Å². The highest BCUT2D eigenvalue weighted by Gasteiger charge is 2.31. The van der Waals surface area contributed by atoms with Crippen molar-refractivity contribution in [1.29, 1.82) is 0 Å². The summed E-state index contributed by atoms with van der Waals surface area (Å²) in [5.41, 5.74) is 3.26. The zero-order chi connectivity index (χ0) is 23.2. The summed E-state index contributed by atoms with van der Waals surface area (Å²) in [4.78, 5) is 27.2. The molecular weight excluding hydrogens is 416 g/mol. The Morgan fingerprint density at radius 2 is 1.76 bits per heavy atom. The second-order valence-corrected chi connectivity index (χ2v) is 8.26. The Morgan fingerprint density at radius 3 is 2.52 bits per heavy atom. The maximum Gasteiger partial charge on any atom is 0.251 e. The lowest BCUT2D eigenvalue weighted by Gasteiger charge is -2.31. The number of carbonyl (C=O) groups is 2. The monoisotopic (exact) mass is 444 g/mol. The van der Waals surface area contributed by atoms with Crippen LogP contribution >= 0.6 is 0 Å². The zero-order valence-corrected chi connectivity index (χ0v) is 18.7. The molecule has 0 fully saturated rings. The number of aromatic hydroxyl groups is 1. The molecule has 33 heavy (non-hydrogen) atoms. The highest BCUT2D eigenvalue weighted by molar-refractivity contribution is 6.03. The summed E-state index contributed by atoms with van der Waals surface area (Å²) >= 11 is 0. The maximum atomic E-state index is 12.8. The predicted octanol–water partition coefficient (Wildman–Crippen LogP) is 4.14. The Morgan fingerprint density at radius 1 is 1.03 bits per heavy atom. The van der Waals surface area contributed by atoms with Gasteiger partial charge in [-0.15, -0.1) is 0 Å². The number of phenolic OH excluding ortho intramolecular Hbond substituents is 1. The molecule has 2 N–H and O–H groups in total. The molecule has 4 rings (SSSR count). The molecule has 0 spiro atoms. The van der Waals surface area contributed by atoms with Crippen molar-refractivity contribution in [2.45, 2.75) is 18.9 Å². The van der Waals surface area contributed by atoms with Gasteiger partial charge in [-0.3, -0.25) is 14.5 Å². The summed E-state index contributed by atoms with van der Waals surface area (Å²) < 4.78 is 5.70. The lowest BCUT2D eigenvalue weighted by molar-refractivity contribution is 0.0719. The first kappa shape index (κ1) is 22.6. The van der Waals surface area contributed by atoms with Gasteiger partial charge in [0, 0.05) is 12.1 Å². The number of hydrogen-bond donors (Lipinski definition) is 2. The Balaban J connectivity index is 1.20. The number of nitrogens with one attached hydrogen (secondary N) is 1. The van der Waals surface area contributed by atoms with Crippen LogP contribution in [0, 0.1) is 0 Å². The number of hydrogen-bond acceptors (Lipinski definition) is 5. The number of phenols is 1. The molecule has 0 bridgehead atoms. The molecule has 6 nitrogen and oxygen atoms in total. The van der Waals surface area contributed by atoms with Gasteiger partial charge in [0.2, 0.25) is 0 Å². The number of ether oxygens (including phenoxy) is 1. The van der Waals surface area contributed by atoms with Crippen LogP contribution in [-0.4, -0.2) is 54.5 Å². The van der Waals surface area contributed by atoms with Gasteiger partial charge in [-0.2, -0.15) is 0 Å². The van der Waals surface area contributed by atoms with Crippen LogP contribution in [0.4, 0.5) is 0 Å². The van der Waals surface area contributed by atoms with Gasteiger partial charge in [0.15, 0.2) is 5.78 Å². The fourth-order valence-electron chi connectivity index (χ4n) is 3.98. The molecule has 1 aliphatic rings. The topological polar surface area (TPSA) is 78.9 Å². The van der Waals surface area contributed by atoms with E-state index in [9.17, 15) is 14.7 Å². The van der Waals surface area contributed by atoms with Crippen LogP contribution < -0.4 is 10.1 Å². The molecule has 3 aromatic rings. The van der Waals surface area contributed by atoms with Crippen LogP contribution in [0.3, 0.4) is 0 Å². The lowest BCUT2D eigenvalue weighted by atomic mass is 9.99. The smallest absolute Gasteiger partial charge is 0.251 e. The van der Waals surface area contributed by atoms with Crippen LogP contribution in [0.15, 0.2) is 72.8 Å². The lowest BCUT2D eigenvalue weighted by Crippen LogP contribution is -2.46. The third kappa shape index (κ3) is 5.41. The van der Waals surface area contributed by atoms with Crippen LogP contribution in [0.5, 0.6) is 11.5 Å². The number of rotatable bonds is 8. The molecule has 0 unspecified atom stereocenters. The first-order chi connectivity index (χ1) is 16.0. The van der Waals surface area contributed by atoms with E-state index in [1.54, 1.807) is 6.07 Å². The van der Waals surface area contributed by atoms with Gasteiger partial charge in [0.05, 0.1) is 5.56 Å². The molecule has 0 saturated heterocycles. The van der Waals surface area contributed by atoms with E-state index in [1.807, 2.05) is 66.5 Å². The minimum absolute atomic E-state index is 0.0399. The number of nitrogens with zero attached hydrogens (tertiary/aromatic N) is 1. The Labute approximate surface area is 193 Å².